The van der Waals surface area contributed by atoms with Gasteiger partial charge in [0.1, 0.15) is 0 Å². The lowest BCUT2D eigenvalue weighted by atomic mass is 10.5. The van der Waals surface area contributed by atoms with Gasteiger partial charge in [-0.1, -0.05) is 0 Å². The second-order valence-electron chi connectivity index (χ2n) is 3.30. The predicted molar refractivity (Wildman–Crippen MR) is 59.0 cm³/mol. The lowest BCUT2D eigenvalue weighted by Crippen LogP contribution is -2.39. The fourth-order valence-electron chi connectivity index (χ4n) is 1.52. The first-order valence-electron chi connectivity index (χ1n) is 4.32. The van der Waals surface area contributed by atoms with Gasteiger partial charge in [-0.25, -0.2) is 16.8 Å². The Morgan fingerprint density at radius 3 is 2.07 bits per heavy atom. The first-order chi connectivity index (χ1) is 6.40. The van der Waals surface area contributed by atoms with E-state index in [1.807, 2.05) is 6.26 Å². The molecular formula is C7H14O4S3. The highest BCUT2D eigenvalue weighted by atomic mass is 32.3. The Labute approximate surface area is 89.3 Å². The molecule has 1 fully saturated rings. The van der Waals surface area contributed by atoms with Gasteiger partial charge in [-0.3, -0.25) is 0 Å². The Morgan fingerprint density at radius 2 is 1.64 bits per heavy atom. The van der Waals surface area contributed by atoms with E-state index in [4.69, 9.17) is 0 Å². The molecule has 0 saturated carbocycles. The SMILES string of the molecule is CSCCC1S(=O)(=O)CCCS1(=O)=O. The fourth-order valence-corrected chi connectivity index (χ4v) is 7.41. The van der Waals surface area contributed by atoms with E-state index >= 15 is 0 Å². The zero-order valence-electron chi connectivity index (χ0n) is 7.97. The maximum absolute atomic E-state index is 11.5. The zero-order chi connectivity index (χ0) is 10.8. The summed E-state index contributed by atoms with van der Waals surface area (Å²) in [5, 5.41) is 0. The molecule has 0 atom stereocenters. The maximum Gasteiger partial charge on any atom is 0.167 e. The molecule has 0 unspecified atom stereocenters. The van der Waals surface area contributed by atoms with Gasteiger partial charge in [0.15, 0.2) is 24.3 Å². The molecule has 14 heavy (non-hydrogen) atoms. The minimum Gasteiger partial charge on any atom is -0.227 e. The molecule has 0 radical (unpaired) electrons. The molecule has 4 nitrogen and oxygen atoms in total. The van der Waals surface area contributed by atoms with Crippen molar-refractivity contribution in [3.8, 4) is 0 Å². The lowest BCUT2D eigenvalue weighted by Gasteiger charge is -2.22. The van der Waals surface area contributed by atoms with Crippen LogP contribution < -0.4 is 0 Å². The van der Waals surface area contributed by atoms with E-state index in [1.54, 1.807) is 0 Å². The van der Waals surface area contributed by atoms with Gasteiger partial charge in [0.05, 0.1) is 11.5 Å². The number of thioether (sulfide) groups is 1. The van der Waals surface area contributed by atoms with Crippen LogP contribution in [0.2, 0.25) is 0 Å². The van der Waals surface area contributed by atoms with Gasteiger partial charge >= 0.3 is 0 Å². The van der Waals surface area contributed by atoms with Gasteiger partial charge < -0.3 is 0 Å². The number of rotatable bonds is 3. The second kappa shape index (κ2) is 4.40. The van der Waals surface area contributed by atoms with Crippen LogP contribution in [0, 0.1) is 0 Å². The number of hydrogen-bond donors (Lipinski definition) is 0. The third-order valence-electron chi connectivity index (χ3n) is 2.22. The molecule has 84 valence electrons. The molecule has 1 aliphatic heterocycles. The van der Waals surface area contributed by atoms with E-state index < -0.39 is 24.3 Å². The van der Waals surface area contributed by atoms with E-state index in [0.717, 1.165) is 0 Å². The lowest BCUT2D eigenvalue weighted by molar-refractivity contribution is 0.563. The summed E-state index contributed by atoms with van der Waals surface area (Å²) in [6.45, 7) is 0. The summed E-state index contributed by atoms with van der Waals surface area (Å²) >= 11 is 1.47. The topological polar surface area (TPSA) is 68.3 Å². The van der Waals surface area contributed by atoms with Crippen LogP contribution in [0.1, 0.15) is 12.8 Å². The summed E-state index contributed by atoms with van der Waals surface area (Å²) in [4.78, 5) is 0. The van der Waals surface area contributed by atoms with E-state index in [9.17, 15) is 16.8 Å². The Balaban J connectivity index is 2.93. The molecule has 0 aliphatic carbocycles. The minimum atomic E-state index is -3.40. The molecule has 0 aromatic rings. The van der Waals surface area contributed by atoms with Crippen molar-refractivity contribution < 1.29 is 16.8 Å². The van der Waals surface area contributed by atoms with Crippen LogP contribution in [0.15, 0.2) is 0 Å². The largest absolute Gasteiger partial charge is 0.227 e. The fraction of sp³-hybridized carbons (Fsp3) is 1.00. The van der Waals surface area contributed by atoms with E-state index in [-0.39, 0.29) is 24.3 Å². The van der Waals surface area contributed by atoms with Crippen molar-refractivity contribution in [2.24, 2.45) is 0 Å². The van der Waals surface area contributed by atoms with Gasteiger partial charge in [-0.05, 0) is 24.9 Å². The van der Waals surface area contributed by atoms with Crippen LogP contribution in [-0.4, -0.2) is 44.9 Å². The molecule has 0 aromatic heterocycles. The molecule has 0 spiro atoms. The third-order valence-corrected chi connectivity index (χ3v) is 8.41. The first kappa shape index (κ1) is 12.3. The smallest absolute Gasteiger partial charge is 0.167 e. The number of sulfone groups is 2. The highest BCUT2D eigenvalue weighted by Crippen LogP contribution is 2.23. The summed E-state index contributed by atoms with van der Waals surface area (Å²) in [6.07, 6.45) is 2.31. The Hall–Kier alpha value is 0.250. The zero-order valence-corrected chi connectivity index (χ0v) is 10.4. The molecule has 1 heterocycles. The average Bonchev–Trinajstić information content (AvgIpc) is 2.01. The molecule has 0 bridgehead atoms. The van der Waals surface area contributed by atoms with Crippen molar-refractivity contribution >= 4 is 31.4 Å². The van der Waals surface area contributed by atoms with Gasteiger partial charge in [0.25, 0.3) is 0 Å². The van der Waals surface area contributed by atoms with Crippen LogP contribution in [0.5, 0.6) is 0 Å². The Kier molecular flexibility index (Phi) is 3.87. The summed E-state index contributed by atoms with van der Waals surface area (Å²) in [5.41, 5.74) is 0. The van der Waals surface area contributed by atoms with Crippen LogP contribution in [-0.2, 0) is 19.7 Å². The van der Waals surface area contributed by atoms with Crippen LogP contribution >= 0.6 is 11.8 Å². The highest BCUT2D eigenvalue weighted by molar-refractivity contribution is 8.09. The molecule has 1 rings (SSSR count). The molecular weight excluding hydrogens is 244 g/mol. The van der Waals surface area contributed by atoms with Gasteiger partial charge in [-0.2, -0.15) is 11.8 Å². The van der Waals surface area contributed by atoms with E-state index in [1.165, 1.54) is 11.8 Å². The highest BCUT2D eigenvalue weighted by Gasteiger charge is 2.40. The summed E-state index contributed by atoms with van der Waals surface area (Å²) < 4.78 is 44.9. The van der Waals surface area contributed by atoms with Crippen LogP contribution in [0.25, 0.3) is 0 Å². The minimum absolute atomic E-state index is 0.0191. The van der Waals surface area contributed by atoms with Crippen LogP contribution in [0.3, 0.4) is 0 Å². The second-order valence-corrected chi connectivity index (χ2v) is 9.19. The average molecular weight is 258 g/mol. The molecule has 1 saturated heterocycles. The summed E-state index contributed by atoms with van der Waals surface area (Å²) in [5.74, 6) is 0.611. The Bertz CT molecular complexity index is 347. The normalized spacial score (nSPS) is 26.1. The van der Waals surface area contributed by atoms with Crippen molar-refractivity contribution in [3.63, 3.8) is 0 Å². The van der Waals surface area contributed by atoms with Crippen LogP contribution in [0.4, 0.5) is 0 Å². The molecule has 0 aromatic carbocycles. The van der Waals surface area contributed by atoms with Crippen molar-refractivity contribution in [2.75, 3.05) is 23.5 Å². The van der Waals surface area contributed by atoms with Gasteiger partial charge in [0.2, 0.25) is 0 Å². The monoisotopic (exact) mass is 258 g/mol. The molecule has 0 N–H and O–H groups in total. The molecule has 7 heteroatoms. The van der Waals surface area contributed by atoms with E-state index in [2.05, 4.69) is 0 Å². The van der Waals surface area contributed by atoms with Gasteiger partial charge in [0, 0.05) is 0 Å². The molecule has 0 amide bonds. The summed E-state index contributed by atoms with van der Waals surface area (Å²) in [7, 11) is -6.81. The van der Waals surface area contributed by atoms with Crippen molar-refractivity contribution in [3.05, 3.63) is 0 Å². The predicted octanol–water partition coefficient (Wildman–Crippen LogP) is 0.299. The van der Waals surface area contributed by atoms with Crippen molar-refractivity contribution in [1.29, 1.82) is 0 Å². The quantitative estimate of drug-likeness (QED) is 0.728. The standard InChI is InChI=1S/C7H14O4S3/c1-12-4-3-7-13(8,9)5-2-6-14(7,10)11/h7H,2-6H2,1H3. The molecule has 1 aliphatic rings. The van der Waals surface area contributed by atoms with Crippen molar-refractivity contribution in [2.45, 2.75) is 17.4 Å². The third kappa shape index (κ3) is 2.64. The number of hydrogen-bond acceptors (Lipinski definition) is 5. The Morgan fingerprint density at radius 1 is 1.14 bits per heavy atom. The van der Waals surface area contributed by atoms with Gasteiger partial charge in [-0.15, -0.1) is 0 Å². The van der Waals surface area contributed by atoms with Crippen molar-refractivity contribution in [1.82, 2.24) is 0 Å². The summed E-state index contributed by atoms with van der Waals surface area (Å²) in [6, 6.07) is 0. The maximum atomic E-state index is 11.5. The van der Waals surface area contributed by atoms with E-state index in [0.29, 0.717) is 5.75 Å². The first-order valence-corrected chi connectivity index (χ1v) is 9.15.